The molecule has 0 aromatic heterocycles. The second kappa shape index (κ2) is 10.4. The van der Waals surface area contributed by atoms with E-state index < -0.39 is 28.8 Å². The standard InChI is InChI=1S/C37H40N2O3/c1-6-7-8-11-24-15-17-25(18-16-24)33(40)31-32(34(41)36(3,4)5)39-29-20-14-23(2)22-26(29)19-21-30(39)37(31)27-12-9-10-13-28(27)38-35(37)42/h9-10,12-22,30-32H,6-8,11H2,1-5H3,(H,38,42)/t30-,31-,32+,37+/m1/s1. The Hall–Kier alpha value is -3.99. The zero-order valence-corrected chi connectivity index (χ0v) is 25.2. The van der Waals surface area contributed by atoms with Crippen LogP contribution < -0.4 is 10.2 Å². The number of fused-ring (bicyclic) bond motifs is 6. The second-order valence-corrected chi connectivity index (χ2v) is 13.2. The SMILES string of the molecule is CCCCCc1ccc(C(=O)[C@H]2[C@@H](C(=O)C(C)(C)C)N3c4ccc(C)cc4C=C[C@@H]3[C@]23C(=O)Nc2ccccc23)cc1. The Kier molecular flexibility index (Phi) is 6.95. The lowest BCUT2D eigenvalue weighted by atomic mass is 9.63. The molecule has 1 amide bonds. The Morgan fingerprint density at radius 1 is 0.976 bits per heavy atom. The van der Waals surface area contributed by atoms with Crippen molar-refractivity contribution < 1.29 is 14.4 Å². The number of carbonyl (C=O) groups excluding carboxylic acids is 3. The van der Waals surface area contributed by atoms with E-state index in [1.165, 1.54) is 12.0 Å². The van der Waals surface area contributed by atoms with E-state index in [0.29, 0.717) is 11.3 Å². The number of amides is 1. The summed E-state index contributed by atoms with van der Waals surface area (Å²) in [6.07, 6.45) is 8.49. The lowest BCUT2D eigenvalue weighted by Gasteiger charge is -2.38. The van der Waals surface area contributed by atoms with Crippen LogP contribution in [0.15, 0.2) is 72.8 Å². The zero-order chi connectivity index (χ0) is 29.8. The summed E-state index contributed by atoms with van der Waals surface area (Å²) >= 11 is 0. The number of unbranched alkanes of at least 4 members (excludes halogenated alkanes) is 2. The van der Waals surface area contributed by atoms with Gasteiger partial charge in [-0.15, -0.1) is 0 Å². The molecule has 3 aliphatic heterocycles. The van der Waals surface area contributed by atoms with E-state index >= 15 is 0 Å². The van der Waals surface area contributed by atoms with Gasteiger partial charge in [-0.05, 0) is 54.7 Å². The number of para-hydroxylation sites is 1. The number of anilines is 2. The Morgan fingerprint density at radius 2 is 1.71 bits per heavy atom. The topological polar surface area (TPSA) is 66.5 Å². The van der Waals surface area contributed by atoms with Crippen molar-refractivity contribution >= 4 is 34.9 Å². The lowest BCUT2D eigenvalue weighted by molar-refractivity contribution is -0.128. The van der Waals surface area contributed by atoms with Gasteiger partial charge in [0.05, 0.1) is 12.0 Å². The quantitative estimate of drug-likeness (QED) is 0.243. The summed E-state index contributed by atoms with van der Waals surface area (Å²) in [6.45, 7) is 9.94. The van der Waals surface area contributed by atoms with E-state index in [2.05, 4.69) is 29.3 Å². The number of hydrogen-bond donors (Lipinski definition) is 1. The minimum absolute atomic E-state index is 0.0436. The van der Waals surface area contributed by atoms with Gasteiger partial charge in [-0.25, -0.2) is 0 Å². The smallest absolute Gasteiger partial charge is 0.238 e. The summed E-state index contributed by atoms with van der Waals surface area (Å²) < 4.78 is 0. The molecule has 6 rings (SSSR count). The first-order valence-corrected chi connectivity index (χ1v) is 15.2. The van der Waals surface area contributed by atoms with Crippen molar-refractivity contribution in [3.8, 4) is 0 Å². The predicted molar refractivity (Wildman–Crippen MR) is 169 cm³/mol. The highest BCUT2D eigenvalue weighted by Crippen LogP contribution is 2.58. The minimum atomic E-state index is -1.27. The number of carbonyl (C=O) groups is 3. The molecular weight excluding hydrogens is 520 g/mol. The van der Waals surface area contributed by atoms with Crippen molar-refractivity contribution in [1.29, 1.82) is 0 Å². The van der Waals surface area contributed by atoms with E-state index in [-0.39, 0.29) is 17.5 Å². The largest absolute Gasteiger partial charge is 0.352 e. The number of Topliss-reactive ketones (excluding diaryl/α,β-unsaturated/α-hetero) is 2. The predicted octanol–water partition coefficient (Wildman–Crippen LogP) is 7.32. The minimum Gasteiger partial charge on any atom is -0.352 e. The van der Waals surface area contributed by atoms with Gasteiger partial charge in [-0.1, -0.05) is 107 Å². The maximum atomic E-state index is 14.9. The van der Waals surface area contributed by atoms with Crippen LogP contribution in [0.5, 0.6) is 0 Å². The van der Waals surface area contributed by atoms with Crippen LogP contribution in [0.4, 0.5) is 11.4 Å². The lowest BCUT2D eigenvalue weighted by Crippen LogP contribution is -2.51. The maximum absolute atomic E-state index is 14.9. The van der Waals surface area contributed by atoms with Gasteiger partial charge in [0.15, 0.2) is 11.6 Å². The monoisotopic (exact) mass is 560 g/mol. The number of nitrogens with one attached hydrogen (secondary N) is 1. The molecule has 3 aromatic rings. The van der Waals surface area contributed by atoms with Gasteiger partial charge < -0.3 is 10.2 Å². The number of rotatable bonds is 7. The molecule has 3 aliphatic rings. The van der Waals surface area contributed by atoms with Gasteiger partial charge >= 0.3 is 0 Å². The summed E-state index contributed by atoms with van der Waals surface area (Å²) in [7, 11) is 0. The Morgan fingerprint density at radius 3 is 2.43 bits per heavy atom. The molecule has 3 heterocycles. The van der Waals surface area contributed by atoms with Gasteiger partial charge in [0.2, 0.25) is 5.91 Å². The number of nitrogens with zero attached hydrogens (tertiary/aromatic N) is 1. The van der Waals surface area contributed by atoms with Crippen LogP contribution in [0.2, 0.25) is 0 Å². The summed E-state index contributed by atoms with van der Waals surface area (Å²) in [6, 6.07) is 20.3. The fourth-order valence-electron chi connectivity index (χ4n) is 7.34. The highest BCUT2D eigenvalue weighted by Gasteiger charge is 2.70. The van der Waals surface area contributed by atoms with Gasteiger partial charge in [0, 0.05) is 22.4 Å². The maximum Gasteiger partial charge on any atom is 0.238 e. The van der Waals surface area contributed by atoms with Crippen LogP contribution in [-0.2, 0) is 21.4 Å². The van der Waals surface area contributed by atoms with Gasteiger partial charge in [-0.2, -0.15) is 0 Å². The van der Waals surface area contributed by atoms with Crippen LogP contribution in [0.25, 0.3) is 6.08 Å². The third kappa shape index (κ3) is 4.24. The van der Waals surface area contributed by atoms with E-state index in [1.54, 1.807) is 0 Å². The summed E-state index contributed by atoms with van der Waals surface area (Å²) in [5, 5.41) is 3.11. The fraction of sp³-hybridized carbons (Fsp3) is 0.378. The molecule has 0 saturated carbocycles. The number of hydrogen-bond acceptors (Lipinski definition) is 4. The van der Waals surface area contributed by atoms with Crippen molar-refractivity contribution in [2.24, 2.45) is 11.3 Å². The summed E-state index contributed by atoms with van der Waals surface area (Å²) in [5.41, 5.74) is 4.20. The molecule has 0 radical (unpaired) electrons. The van der Waals surface area contributed by atoms with Crippen LogP contribution in [0, 0.1) is 18.3 Å². The van der Waals surface area contributed by atoms with E-state index in [9.17, 15) is 14.4 Å². The molecule has 0 bridgehead atoms. The van der Waals surface area contributed by atoms with Gasteiger partial charge in [-0.3, -0.25) is 14.4 Å². The Bertz CT molecular complexity index is 1600. The first-order valence-electron chi connectivity index (χ1n) is 15.2. The van der Waals surface area contributed by atoms with Crippen LogP contribution in [-0.4, -0.2) is 29.6 Å². The van der Waals surface area contributed by atoms with Crippen molar-refractivity contribution in [2.75, 3.05) is 10.2 Å². The van der Waals surface area contributed by atoms with E-state index in [0.717, 1.165) is 41.6 Å². The fourth-order valence-corrected chi connectivity index (χ4v) is 7.34. The average molecular weight is 561 g/mol. The molecule has 5 nitrogen and oxygen atoms in total. The highest BCUT2D eigenvalue weighted by molar-refractivity contribution is 6.17. The second-order valence-electron chi connectivity index (χ2n) is 13.2. The normalized spacial score (nSPS) is 23.9. The van der Waals surface area contributed by atoms with Crippen LogP contribution in [0.3, 0.4) is 0 Å². The zero-order valence-electron chi connectivity index (χ0n) is 25.2. The molecule has 1 spiro atoms. The molecule has 0 unspecified atom stereocenters. The molecule has 1 saturated heterocycles. The van der Waals surface area contributed by atoms with E-state index in [1.807, 2.05) is 94.4 Å². The molecule has 3 aromatic carbocycles. The van der Waals surface area contributed by atoms with Crippen molar-refractivity contribution in [3.05, 3.63) is 101 Å². The number of ketones is 2. The molecule has 4 atom stereocenters. The van der Waals surface area contributed by atoms with Crippen LogP contribution >= 0.6 is 0 Å². The Balaban J connectivity index is 1.57. The molecule has 1 fully saturated rings. The summed E-state index contributed by atoms with van der Waals surface area (Å²) in [5.74, 6) is -1.35. The van der Waals surface area contributed by atoms with Gasteiger partial charge in [0.25, 0.3) is 0 Å². The average Bonchev–Trinajstić information content (AvgIpc) is 3.44. The first kappa shape index (κ1) is 28.1. The molecule has 0 aliphatic carbocycles. The highest BCUT2D eigenvalue weighted by atomic mass is 16.2. The number of aryl methyl sites for hydroxylation is 2. The number of benzene rings is 3. The molecule has 5 heteroatoms. The third-order valence-electron chi connectivity index (χ3n) is 9.39. The summed E-state index contributed by atoms with van der Waals surface area (Å²) in [4.78, 5) is 46.0. The van der Waals surface area contributed by atoms with Crippen molar-refractivity contribution in [1.82, 2.24) is 0 Å². The first-order chi connectivity index (χ1) is 20.1. The Labute approximate surface area is 249 Å². The molecular formula is C37H40N2O3. The van der Waals surface area contributed by atoms with Crippen molar-refractivity contribution in [3.63, 3.8) is 0 Å². The van der Waals surface area contributed by atoms with E-state index in [4.69, 9.17) is 0 Å². The molecule has 42 heavy (non-hydrogen) atoms. The molecule has 216 valence electrons. The van der Waals surface area contributed by atoms with Crippen molar-refractivity contribution in [2.45, 2.75) is 77.8 Å². The van der Waals surface area contributed by atoms with Crippen LogP contribution in [0.1, 0.15) is 79.6 Å². The van der Waals surface area contributed by atoms with Gasteiger partial charge in [0.1, 0.15) is 11.5 Å². The molecule has 1 N–H and O–H groups in total. The third-order valence-corrected chi connectivity index (χ3v) is 9.39.